The molecule has 0 saturated heterocycles. The highest BCUT2D eigenvalue weighted by Gasteiger charge is 2.08. The van der Waals surface area contributed by atoms with E-state index in [2.05, 4.69) is 9.47 Å². The Kier molecular flexibility index (Phi) is 2.82. The Labute approximate surface area is 72.7 Å². The van der Waals surface area contributed by atoms with Gasteiger partial charge in [-0.15, -0.1) is 0 Å². The highest BCUT2D eigenvalue weighted by Crippen LogP contribution is 2.24. The van der Waals surface area contributed by atoms with Crippen molar-refractivity contribution < 1.29 is 19.1 Å². The number of esters is 1. The highest BCUT2D eigenvalue weighted by molar-refractivity contribution is 7.15. The number of thiophene rings is 1. The van der Waals surface area contributed by atoms with Gasteiger partial charge in [-0.1, -0.05) is 11.3 Å². The van der Waals surface area contributed by atoms with Gasteiger partial charge in [-0.3, -0.25) is 4.79 Å². The zero-order chi connectivity index (χ0) is 8.97. The van der Waals surface area contributed by atoms with E-state index in [4.69, 9.17) is 0 Å². The molecule has 0 bridgehead atoms. The van der Waals surface area contributed by atoms with Gasteiger partial charge in [0.25, 0.3) is 6.47 Å². The lowest BCUT2D eigenvalue weighted by Crippen LogP contribution is -1.96. The van der Waals surface area contributed by atoms with E-state index < -0.39 is 5.97 Å². The summed E-state index contributed by atoms with van der Waals surface area (Å²) in [4.78, 5) is 21.2. The second-order valence-corrected chi connectivity index (χ2v) is 2.87. The lowest BCUT2D eigenvalue weighted by molar-refractivity contribution is -0.120. The van der Waals surface area contributed by atoms with Crippen LogP contribution >= 0.6 is 11.3 Å². The number of carbonyl (C=O) groups excluding carboxylic acids is 2. The minimum Gasteiger partial charge on any atom is -0.465 e. The summed E-state index contributed by atoms with van der Waals surface area (Å²) in [5, 5.41) is 0.380. The first-order valence-electron chi connectivity index (χ1n) is 3.06. The maximum Gasteiger partial charge on any atom is 0.348 e. The molecule has 0 aliphatic heterocycles. The van der Waals surface area contributed by atoms with Crippen LogP contribution in [0.5, 0.6) is 5.06 Å². The van der Waals surface area contributed by atoms with Gasteiger partial charge in [0, 0.05) is 0 Å². The van der Waals surface area contributed by atoms with Crippen LogP contribution in [0.2, 0.25) is 0 Å². The average molecular weight is 186 g/mol. The molecule has 0 N–H and O–H groups in total. The van der Waals surface area contributed by atoms with Gasteiger partial charge in [-0.2, -0.15) is 0 Å². The van der Waals surface area contributed by atoms with Gasteiger partial charge in [0.2, 0.25) is 0 Å². The minimum atomic E-state index is -0.430. The molecule has 0 spiro atoms. The fourth-order valence-electron chi connectivity index (χ4n) is 0.641. The van der Waals surface area contributed by atoms with E-state index in [-0.39, 0.29) is 0 Å². The van der Waals surface area contributed by atoms with E-state index in [1.54, 1.807) is 0 Å². The SMILES string of the molecule is COC(=O)c1ccc(OC=O)s1. The van der Waals surface area contributed by atoms with Crippen molar-refractivity contribution in [1.29, 1.82) is 0 Å². The Morgan fingerprint density at radius 3 is 2.92 bits per heavy atom. The fraction of sp³-hybridized carbons (Fsp3) is 0.143. The zero-order valence-corrected chi connectivity index (χ0v) is 7.09. The molecule has 0 saturated carbocycles. The monoisotopic (exact) mass is 186 g/mol. The maximum absolute atomic E-state index is 10.9. The standard InChI is InChI=1S/C7H6O4S/c1-10-7(9)5-2-3-6(12-5)11-4-8/h2-4H,1H3. The lowest BCUT2D eigenvalue weighted by atomic mass is 10.5. The molecule has 0 aromatic carbocycles. The summed E-state index contributed by atoms with van der Waals surface area (Å²) in [6.07, 6.45) is 0. The van der Waals surface area contributed by atoms with Crippen LogP contribution in [-0.4, -0.2) is 19.6 Å². The number of hydrogen-bond donors (Lipinski definition) is 0. The van der Waals surface area contributed by atoms with Gasteiger partial charge >= 0.3 is 5.97 Å². The molecule has 0 atom stereocenters. The molecule has 0 fully saturated rings. The third-order valence-corrected chi connectivity index (χ3v) is 2.09. The summed E-state index contributed by atoms with van der Waals surface area (Å²) in [5.41, 5.74) is 0. The van der Waals surface area contributed by atoms with Crippen molar-refractivity contribution in [3.8, 4) is 5.06 Å². The van der Waals surface area contributed by atoms with Crippen molar-refractivity contribution >= 4 is 23.8 Å². The van der Waals surface area contributed by atoms with E-state index in [0.717, 1.165) is 11.3 Å². The number of methoxy groups -OCH3 is 1. The third-order valence-electron chi connectivity index (χ3n) is 1.13. The van der Waals surface area contributed by atoms with Crippen molar-refractivity contribution in [1.82, 2.24) is 0 Å². The molecule has 1 heterocycles. The first kappa shape index (κ1) is 8.73. The number of carbonyl (C=O) groups is 2. The Morgan fingerprint density at radius 1 is 1.58 bits per heavy atom. The van der Waals surface area contributed by atoms with Crippen molar-refractivity contribution in [3.63, 3.8) is 0 Å². The summed E-state index contributed by atoms with van der Waals surface area (Å²) in [5.74, 6) is -0.430. The molecule has 5 heteroatoms. The van der Waals surface area contributed by atoms with Crippen molar-refractivity contribution in [2.45, 2.75) is 0 Å². The quantitative estimate of drug-likeness (QED) is 0.523. The van der Waals surface area contributed by atoms with E-state index in [1.165, 1.54) is 19.2 Å². The highest BCUT2D eigenvalue weighted by atomic mass is 32.1. The van der Waals surface area contributed by atoms with Crippen LogP contribution in [0.25, 0.3) is 0 Å². The lowest BCUT2D eigenvalue weighted by Gasteiger charge is -1.91. The second-order valence-electron chi connectivity index (χ2n) is 1.82. The molecule has 4 nitrogen and oxygen atoms in total. The van der Waals surface area contributed by atoms with E-state index >= 15 is 0 Å². The Balaban J connectivity index is 2.76. The maximum atomic E-state index is 10.9. The van der Waals surface area contributed by atoms with Crippen LogP contribution in [0.15, 0.2) is 12.1 Å². The topological polar surface area (TPSA) is 52.6 Å². The fourth-order valence-corrected chi connectivity index (χ4v) is 1.38. The minimum absolute atomic E-state index is 0.312. The van der Waals surface area contributed by atoms with Gasteiger partial charge in [0.05, 0.1) is 7.11 Å². The van der Waals surface area contributed by atoms with Crippen molar-refractivity contribution in [2.24, 2.45) is 0 Å². The molecule has 64 valence electrons. The summed E-state index contributed by atoms with van der Waals surface area (Å²) >= 11 is 1.06. The van der Waals surface area contributed by atoms with Crippen LogP contribution < -0.4 is 4.74 Å². The predicted octanol–water partition coefficient (Wildman–Crippen LogP) is 1.07. The number of ether oxygens (including phenoxy) is 2. The van der Waals surface area contributed by atoms with Gasteiger partial charge in [-0.05, 0) is 12.1 Å². The molecule has 0 unspecified atom stereocenters. The predicted molar refractivity (Wildman–Crippen MR) is 42.4 cm³/mol. The molecule has 1 rings (SSSR count). The second kappa shape index (κ2) is 3.87. The van der Waals surface area contributed by atoms with Gasteiger partial charge in [-0.25, -0.2) is 4.79 Å². The Bertz CT molecular complexity index is 291. The van der Waals surface area contributed by atoms with E-state index in [9.17, 15) is 9.59 Å². The molecule has 0 aliphatic rings. The van der Waals surface area contributed by atoms with Gasteiger partial charge in [0.15, 0.2) is 5.06 Å². The van der Waals surface area contributed by atoms with Crippen LogP contribution in [0.1, 0.15) is 9.67 Å². The molecule has 0 amide bonds. The normalized spacial score (nSPS) is 9.08. The van der Waals surface area contributed by atoms with E-state index in [1.807, 2.05) is 0 Å². The molecule has 12 heavy (non-hydrogen) atoms. The van der Waals surface area contributed by atoms with Crippen molar-refractivity contribution in [2.75, 3.05) is 7.11 Å². The number of rotatable bonds is 3. The van der Waals surface area contributed by atoms with Crippen LogP contribution in [-0.2, 0) is 9.53 Å². The average Bonchev–Trinajstić information content (AvgIpc) is 2.52. The smallest absolute Gasteiger partial charge is 0.348 e. The largest absolute Gasteiger partial charge is 0.465 e. The van der Waals surface area contributed by atoms with Crippen molar-refractivity contribution in [3.05, 3.63) is 17.0 Å². The van der Waals surface area contributed by atoms with Gasteiger partial charge in [0.1, 0.15) is 4.88 Å². The number of hydrogen-bond acceptors (Lipinski definition) is 5. The zero-order valence-electron chi connectivity index (χ0n) is 6.27. The molecule has 0 radical (unpaired) electrons. The van der Waals surface area contributed by atoms with Gasteiger partial charge < -0.3 is 9.47 Å². The summed E-state index contributed by atoms with van der Waals surface area (Å²) in [7, 11) is 1.29. The molecule has 0 aliphatic carbocycles. The molecule has 1 aromatic rings. The van der Waals surface area contributed by atoms with E-state index in [0.29, 0.717) is 16.4 Å². The summed E-state index contributed by atoms with van der Waals surface area (Å²) < 4.78 is 8.97. The molecular weight excluding hydrogens is 180 g/mol. The Morgan fingerprint density at radius 2 is 2.33 bits per heavy atom. The molecule has 1 aromatic heterocycles. The summed E-state index contributed by atoms with van der Waals surface area (Å²) in [6.45, 7) is 0.312. The first-order chi connectivity index (χ1) is 5.77. The first-order valence-corrected chi connectivity index (χ1v) is 3.88. The Hall–Kier alpha value is -1.36. The summed E-state index contributed by atoms with van der Waals surface area (Å²) in [6, 6.07) is 3.07. The third kappa shape index (κ3) is 1.82. The van der Waals surface area contributed by atoms with Crippen LogP contribution in [0.3, 0.4) is 0 Å². The molecular formula is C7H6O4S. The van der Waals surface area contributed by atoms with Crippen LogP contribution in [0.4, 0.5) is 0 Å². The van der Waals surface area contributed by atoms with Crippen LogP contribution in [0, 0.1) is 0 Å².